The van der Waals surface area contributed by atoms with Crippen LogP contribution < -0.4 is 10.0 Å². The molecule has 0 bridgehead atoms. The predicted molar refractivity (Wildman–Crippen MR) is 142 cm³/mol. The fourth-order valence-corrected chi connectivity index (χ4v) is 5.48. The van der Waals surface area contributed by atoms with Crippen LogP contribution in [0, 0.1) is 25.1 Å². The lowest BCUT2D eigenvalue weighted by Crippen LogP contribution is -2.32. The first kappa shape index (κ1) is 24.4. The standard InChI is InChI=1S/C26H30FN5S2/c1-17-13-24(32(4)31-17)15-26(19(3)25-28-16-18(2)34-25)11-9-23(14-20(26)10-12-29-33)30-22-7-5-21(27)6-8-22/h5-9,13-14,16,29-30,33H,3,10-12,15H2,1-2,4H3. The van der Waals surface area contributed by atoms with E-state index in [0.29, 0.717) is 0 Å². The molecule has 3 aromatic rings. The maximum Gasteiger partial charge on any atom is 0.123 e. The molecule has 0 spiro atoms. The van der Waals surface area contributed by atoms with E-state index in [1.165, 1.54) is 17.7 Å². The number of aryl methyl sites for hydroxylation is 3. The number of nitrogens with one attached hydrogen (secondary N) is 2. The lowest BCUT2D eigenvalue weighted by molar-refractivity contribution is 0.442. The van der Waals surface area contributed by atoms with Crippen LogP contribution in [0.3, 0.4) is 0 Å². The van der Waals surface area contributed by atoms with Gasteiger partial charge in [-0.25, -0.2) is 9.37 Å². The number of halogens is 1. The Hall–Kier alpha value is -2.68. The van der Waals surface area contributed by atoms with Crippen molar-refractivity contribution in [1.29, 1.82) is 0 Å². The lowest BCUT2D eigenvalue weighted by atomic mass is 9.65. The summed E-state index contributed by atoms with van der Waals surface area (Å²) in [6.45, 7) is 9.39. The molecule has 178 valence electrons. The first-order chi connectivity index (χ1) is 16.3. The van der Waals surface area contributed by atoms with Gasteiger partial charge in [0.25, 0.3) is 0 Å². The highest BCUT2D eigenvalue weighted by molar-refractivity contribution is 7.78. The zero-order valence-electron chi connectivity index (χ0n) is 19.7. The summed E-state index contributed by atoms with van der Waals surface area (Å²) in [7, 11) is 1.99. The molecule has 1 aliphatic carbocycles. The molecule has 2 heterocycles. The highest BCUT2D eigenvalue weighted by Gasteiger charge is 2.40. The first-order valence-electron chi connectivity index (χ1n) is 11.2. The number of allylic oxidation sites excluding steroid dienone is 3. The van der Waals surface area contributed by atoms with Gasteiger partial charge in [-0.3, -0.25) is 9.40 Å². The van der Waals surface area contributed by atoms with Crippen LogP contribution in [0.4, 0.5) is 10.1 Å². The number of thiol groups is 1. The Morgan fingerprint density at radius 1 is 1.29 bits per heavy atom. The third kappa shape index (κ3) is 5.19. The van der Waals surface area contributed by atoms with Crippen molar-refractivity contribution in [3.8, 4) is 0 Å². The van der Waals surface area contributed by atoms with Crippen LogP contribution in [-0.2, 0) is 13.5 Å². The molecule has 0 aliphatic heterocycles. The van der Waals surface area contributed by atoms with E-state index in [1.54, 1.807) is 23.5 Å². The highest BCUT2D eigenvalue weighted by Crippen LogP contribution is 2.50. The van der Waals surface area contributed by atoms with E-state index in [-0.39, 0.29) is 11.2 Å². The van der Waals surface area contributed by atoms with Gasteiger partial charge in [0, 0.05) is 53.6 Å². The number of hydrogen-bond acceptors (Lipinski definition) is 6. The van der Waals surface area contributed by atoms with Crippen molar-refractivity contribution in [3.05, 3.63) is 93.6 Å². The molecule has 0 amide bonds. The first-order valence-corrected chi connectivity index (χ1v) is 12.5. The minimum Gasteiger partial charge on any atom is -0.356 e. The van der Waals surface area contributed by atoms with Gasteiger partial charge in [0.2, 0.25) is 0 Å². The average Bonchev–Trinajstić information content (AvgIpc) is 3.38. The number of anilines is 1. The van der Waals surface area contributed by atoms with Gasteiger partial charge in [-0.05, 0) is 68.7 Å². The summed E-state index contributed by atoms with van der Waals surface area (Å²) in [5.41, 5.74) is 5.91. The van der Waals surface area contributed by atoms with Gasteiger partial charge in [-0.1, -0.05) is 31.0 Å². The molecule has 2 aromatic heterocycles. The SMILES string of the molecule is C=C(c1ncc(C)s1)C1(Cc2cc(C)nn2C)CC=C(Nc2ccc(F)cc2)C=C1CCNS. The lowest BCUT2D eigenvalue weighted by Gasteiger charge is -2.40. The van der Waals surface area contributed by atoms with Gasteiger partial charge >= 0.3 is 0 Å². The van der Waals surface area contributed by atoms with E-state index in [2.05, 4.69) is 64.7 Å². The quantitative estimate of drug-likeness (QED) is 0.318. The monoisotopic (exact) mass is 495 g/mol. The minimum absolute atomic E-state index is 0.250. The number of thiazole rings is 1. The van der Waals surface area contributed by atoms with E-state index in [0.717, 1.165) is 64.0 Å². The molecule has 2 N–H and O–H groups in total. The Labute approximate surface area is 210 Å². The smallest absolute Gasteiger partial charge is 0.123 e. The number of benzene rings is 1. The summed E-state index contributed by atoms with van der Waals surface area (Å²) in [4.78, 5) is 5.84. The fraction of sp³-hybridized carbons (Fsp3) is 0.308. The van der Waals surface area contributed by atoms with Gasteiger partial charge in [0.15, 0.2) is 0 Å². The average molecular weight is 496 g/mol. The van der Waals surface area contributed by atoms with Crippen molar-refractivity contribution < 1.29 is 4.39 Å². The molecule has 0 radical (unpaired) electrons. The van der Waals surface area contributed by atoms with Crippen molar-refractivity contribution in [2.45, 2.75) is 33.1 Å². The fourth-order valence-electron chi connectivity index (χ4n) is 4.54. The summed E-state index contributed by atoms with van der Waals surface area (Å²) in [6.07, 6.45) is 8.64. The molecule has 0 fully saturated rings. The van der Waals surface area contributed by atoms with Crippen molar-refractivity contribution in [3.63, 3.8) is 0 Å². The van der Waals surface area contributed by atoms with Gasteiger partial charge in [-0.2, -0.15) is 5.10 Å². The number of nitrogens with zero attached hydrogens (tertiary/aromatic N) is 3. The van der Waals surface area contributed by atoms with Crippen LogP contribution in [0.15, 0.2) is 66.5 Å². The number of hydrogen-bond donors (Lipinski definition) is 3. The molecule has 1 aliphatic rings. The number of aromatic nitrogens is 3. The second kappa shape index (κ2) is 10.3. The molecule has 1 unspecified atom stereocenters. The summed E-state index contributed by atoms with van der Waals surface area (Å²) < 4.78 is 18.3. The third-order valence-electron chi connectivity index (χ3n) is 6.29. The van der Waals surface area contributed by atoms with E-state index in [4.69, 9.17) is 0 Å². The summed E-state index contributed by atoms with van der Waals surface area (Å²) >= 11 is 5.92. The number of rotatable bonds is 9. The van der Waals surface area contributed by atoms with Gasteiger partial charge < -0.3 is 5.32 Å². The summed E-state index contributed by atoms with van der Waals surface area (Å²) in [5, 5.41) is 8.98. The van der Waals surface area contributed by atoms with Crippen LogP contribution in [0.5, 0.6) is 0 Å². The van der Waals surface area contributed by atoms with Crippen LogP contribution in [0.25, 0.3) is 5.57 Å². The third-order valence-corrected chi connectivity index (χ3v) is 7.49. The topological polar surface area (TPSA) is 54.8 Å². The summed E-state index contributed by atoms with van der Waals surface area (Å²) in [6, 6.07) is 8.56. The second-order valence-electron chi connectivity index (χ2n) is 8.74. The van der Waals surface area contributed by atoms with Gasteiger partial charge in [0.05, 0.1) is 5.69 Å². The van der Waals surface area contributed by atoms with Crippen LogP contribution in [-0.4, -0.2) is 21.3 Å². The molecule has 0 saturated heterocycles. The van der Waals surface area contributed by atoms with Crippen molar-refractivity contribution in [2.75, 3.05) is 11.9 Å². The molecule has 1 atom stereocenters. The molecule has 4 rings (SSSR count). The molecule has 34 heavy (non-hydrogen) atoms. The Bertz CT molecular complexity index is 1240. The normalized spacial score (nSPS) is 17.9. The largest absolute Gasteiger partial charge is 0.356 e. The summed E-state index contributed by atoms with van der Waals surface area (Å²) in [5.74, 6) is -0.250. The van der Waals surface area contributed by atoms with E-state index < -0.39 is 0 Å². The van der Waals surface area contributed by atoms with E-state index in [9.17, 15) is 4.39 Å². The van der Waals surface area contributed by atoms with Crippen LogP contribution in [0.1, 0.15) is 34.1 Å². The Morgan fingerprint density at radius 3 is 2.68 bits per heavy atom. The van der Waals surface area contributed by atoms with Gasteiger partial charge in [0.1, 0.15) is 10.8 Å². The van der Waals surface area contributed by atoms with Crippen molar-refractivity contribution in [1.82, 2.24) is 19.5 Å². The zero-order valence-corrected chi connectivity index (χ0v) is 21.4. The molecule has 5 nitrogen and oxygen atoms in total. The van der Waals surface area contributed by atoms with Crippen molar-refractivity contribution in [2.24, 2.45) is 12.5 Å². The molecular weight excluding hydrogens is 465 g/mol. The Kier molecular flexibility index (Phi) is 7.40. The Morgan fingerprint density at radius 2 is 2.06 bits per heavy atom. The Balaban J connectivity index is 1.75. The highest BCUT2D eigenvalue weighted by atomic mass is 32.1. The predicted octanol–water partition coefficient (Wildman–Crippen LogP) is 6.03. The van der Waals surface area contributed by atoms with Crippen LogP contribution >= 0.6 is 24.2 Å². The molecule has 8 heteroatoms. The van der Waals surface area contributed by atoms with E-state index >= 15 is 0 Å². The molecule has 1 aromatic carbocycles. The molecular formula is C26H30FN5S2. The van der Waals surface area contributed by atoms with E-state index in [1.807, 2.05) is 24.9 Å². The molecule has 0 saturated carbocycles. The minimum atomic E-state index is -0.344. The maximum atomic E-state index is 13.4. The zero-order chi connectivity index (χ0) is 24.3. The van der Waals surface area contributed by atoms with Crippen molar-refractivity contribution >= 4 is 35.4 Å². The second-order valence-corrected chi connectivity index (χ2v) is 10.3. The van der Waals surface area contributed by atoms with Gasteiger partial charge in [-0.15, -0.1) is 11.3 Å². The maximum absolute atomic E-state index is 13.4. The van der Waals surface area contributed by atoms with Crippen LogP contribution in [0.2, 0.25) is 0 Å².